The average Bonchev–Trinajstić information content (AvgIpc) is 0.748. The summed E-state index contributed by atoms with van der Waals surface area (Å²) in [4.78, 5) is 52.1. The van der Waals surface area contributed by atoms with Gasteiger partial charge in [-0.05, 0) is 66.9 Å². The van der Waals surface area contributed by atoms with Crippen LogP contribution in [0.1, 0.15) is 50.0 Å². The molecule has 10 rings (SSSR count). The molecule has 4 aromatic rings. The van der Waals surface area contributed by atoms with Crippen molar-refractivity contribution in [2.75, 3.05) is 43.7 Å². The van der Waals surface area contributed by atoms with Crippen LogP contribution in [-0.4, -0.2) is 353 Å². The molecule has 6 saturated heterocycles. The maximum Gasteiger partial charge on any atom is 0.364 e. The lowest BCUT2D eigenvalue weighted by molar-refractivity contribution is -0.398. The van der Waals surface area contributed by atoms with Crippen molar-refractivity contribution in [2.24, 2.45) is 5.92 Å². The first-order valence-corrected chi connectivity index (χ1v) is 37.9. The van der Waals surface area contributed by atoms with Gasteiger partial charge in [0.2, 0.25) is 11.8 Å². The third kappa shape index (κ3) is 18.5. The largest absolute Gasteiger partial charge is 0.477 e. The van der Waals surface area contributed by atoms with E-state index in [1.54, 1.807) is 24.3 Å². The molecule has 29 unspecified atom stereocenters. The molecule has 6 fully saturated rings. The number of hydrogen-bond acceptors (Lipinski definition) is 36. The Hall–Kier alpha value is -6.44. The van der Waals surface area contributed by atoms with Gasteiger partial charge in [0.25, 0.3) is 31.9 Å². The zero-order chi connectivity index (χ0) is 82.2. The van der Waals surface area contributed by atoms with Crippen LogP contribution in [0.4, 0.5) is 11.4 Å². The summed E-state index contributed by atoms with van der Waals surface area (Å²) in [5, 5.41) is 199. The van der Waals surface area contributed by atoms with Gasteiger partial charge in [-0.3, -0.25) is 23.5 Å². The molecule has 0 bridgehead atoms. The Bertz CT molecular complexity index is 4200. The number of carboxylic acid groups (broad SMARTS) is 1. The molecule has 6 heterocycles. The van der Waals surface area contributed by atoms with Gasteiger partial charge in [-0.1, -0.05) is 43.3 Å². The van der Waals surface area contributed by atoms with Crippen molar-refractivity contribution in [3.05, 3.63) is 83.9 Å². The summed E-state index contributed by atoms with van der Waals surface area (Å²) in [5.74, 6) is -8.98. The van der Waals surface area contributed by atoms with Gasteiger partial charge in [-0.15, -0.1) is 0 Å². The number of aryl methyl sites for hydroxylation is 1. The van der Waals surface area contributed by atoms with E-state index in [4.69, 9.17) is 52.1 Å². The molecule has 23 N–H and O–H groups in total. The number of aliphatic hydroxyl groups is 16. The molecular formula is C68H92N4O38S2. The van der Waals surface area contributed by atoms with Gasteiger partial charge >= 0.3 is 5.97 Å². The highest BCUT2D eigenvalue weighted by molar-refractivity contribution is 7.86. The Labute approximate surface area is 637 Å². The molecule has 0 radical (unpaired) electrons. The van der Waals surface area contributed by atoms with Crippen LogP contribution >= 0.6 is 0 Å². The van der Waals surface area contributed by atoms with E-state index in [2.05, 4.69) is 21.3 Å². The van der Waals surface area contributed by atoms with E-state index >= 15 is 0 Å². The average molecular weight is 1640 g/mol. The van der Waals surface area contributed by atoms with E-state index in [-0.39, 0.29) is 27.9 Å². The fraction of sp³-hybridized carbons (Fsp3) is 0.618. The van der Waals surface area contributed by atoms with Crippen molar-refractivity contribution >= 4 is 66.1 Å². The number of ether oxygens (including phenoxy) is 11. The summed E-state index contributed by atoms with van der Waals surface area (Å²) in [6, 6.07) is 13.2. The first-order valence-electron chi connectivity index (χ1n) is 35.1. The molecular weight excluding hydrogens is 1540 g/mol. The number of carbonyl (C=O) groups excluding carboxylic acids is 3. The lowest BCUT2D eigenvalue weighted by atomic mass is 9.84. The third-order valence-corrected chi connectivity index (χ3v) is 22.2. The summed E-state index contributed by atoms with van der Waals surface area (Å²) in [7, 11) is -10.0. The van der Waals surface area contributed by atoms with Crippen molar-refractivity contribution in [3.63, 3.8) is 0 Å². The number of fused-ring (bicyclic) bond motifs is 1. The highest BCUT2D eigenvalue weighted by atomic mass is 32.2. The van der Waals surface area contributed by atoms with Gasteiger partial charge in [-0.2, -0.15) is 16.8 Å². The molecule has 6 aliphatic rings. The second-order valence-corrected chi connectivity index (χ2v) is 30.7. The predicted molar refractivity (Wildman–Crippen MR) is 371 cm³/mol. The number of carbonyl (C=O) groups is 4. The van der Waals surface area contributed by atoms with Crippen LogP contribution < -0.4 is 21.3 Å². The summed E-state index contributed by atoms with van der Waals surface area (Å²) in [6.07, 6.45) is -55.4. The SMILES string of the molecule is CC(=O)NC1C(Nc2cccc(-c3ccc(C(=O)Nc4cccc5c(S(=O)(=O)O)c(C)cc(S(=O)(=O)O)c45)cc3)c2)OC(CO)C(OC2OC(CO)C(O)C(OC3OC(CO)C(OC4OC(C)C(O)C(O)C4O)C(OC4OC(CO)C(O)C(OC5(C(=O)O)CC(O)C(C)C([C@@H](O)[C@@H](O)CO)O5)C4O)C3NC(C)=O)C2O)C1O. The number of aliphatic carboxylic acids is 1. The summed E-state index contributed by atoms with van der Waals surface area (Å²) in [5.41, 5.74) is 0.746. The minimum absolute atomic E-state index is 0.000781. The number of anilines is 2. The lowest BCUT2D eigenvalue weighted by Gasteiger charge is -2.52. The molecule has 42 nitrogen and oxygen atoms in total. The zero-order valence-electron chi connectivity index (χ0n) is 60.1. The number of nitrogens with one attached hydrogen (secondary N) is 4. The van der Waals surface area contributed by atoms with Crippen LogP contribution in [0.2, 0.25) is 0 Å². The topological polar surface area (TPSA) is 671 Å². The second-order valence-electron chi connectivity index (χ2n) is 28.0. The molecule has 4 aromatic carbocycles. The van der Waals surface area contributed by atoms with Crippen LogP contribution in [-0.2, 0) is 86.7 Å². The molecule has 44 heteroatoms. The Morgan fingerprint density at radius 1 is 0.571 bits per heavy atom. The molecule has 0 aliphatic carbocycles. The van der Waals surface area contributed by atoms with E-state index < -0.39 is 288 Å². The van der Waals surface area contributed by atoms with Crippen LogP contribution in [0.15, 0.2) is 82.6 Å². The molecule has 0 saturated carbocycles. The van der Waals surface area contributed by atoms with Crippen LogP contribution in [0, 0.1) is 12.8 Å². The van der Waals surface area contributed by atoms with Gasteiger partial charge < -0.3 is 160 Å². The maximum atomic E-state index is 13.8. The minimum Gasteiger partial charge on any atom is -0.477 e. The molecule has 3 amide bonds. The van der Waals surface area contributed by atoms with E-state index in [1.807, 2.05) is 0 Å². The Morgan fingerprint density at radius 2 is 1.12 bits per heavy atom. The van der Waals surface area contributed by atoms with Crippen LogP contribution in [0.25, 0.3) is 21.9 Å². The molecule has 0 spiro atoms. The molecule has 6 aliphatic heterocycles. The van der Waals surface area contributed by atoms with Crippen molar-refractivity contribution in [1.29, 1.82) is 0 Å². The smallest absolute Gasteiger partial charge is 0.364 e. The molecule has 0 aromatic heterocycles. The fourth-order valence-electron chi connectivity index (χ4n) is 14.5. The Balaban J connectivity index is 0.903. The van der Waals surface area contributed by atoms with Gasteiger partial charge in [0.05, 0.1) is 57.0 Å². The first-order chi connectivity index (χ1) is 52.7. The van der Waals surface area contributed by atoms with Crippen LogP contribution in [0.3, 0.4) is 0 Å². The van der Waals surface area contributed by atoms with Crippen molar-refractivity contribution < 1.29 is 184 Å². The first kappa shape index (κ1) is 87.9. The normalized spacial score (nSPS) is 37.3. The highest BCUT2D eigenvalue weighted by Crippen LogP contribution is 2.43. The summed E-state index contributed by atoms with van der Waals surface area (Å²) >= 11 is 0. The monoisotopic (exact) mass is 1640 g/mol. The minimum atomic E-state index is -5.05. The fourth-order valence-corrected chi connectivity index (χ4v) is 16.2. The number of rotatable bonds is 27. The van der Waals surface area contributed by atoms with Crippen molar-refractivity contribution in [2.45, 2.75) is 234 Å². The van der Waals surface area contributed by atoms with E-state index in [0.29, 0.717) is 11.1 Å². The molecule has 624 valence electrons. The van der Waals surface area contributed by atoms with E-state index in [1.165, 1.54) is 63.2 Å². The van der Waals surface area contributed by atoms with Gasteiger partial charge in [0.1, 0.15) is 138 Å². The van der Waals surface area contributed by atoms with Gasteiger partial charge in [0.15, 0.2) is 31.4 Å². The number of carboxylic acids is 1. The predicted octanol–water partition coefficient (Wildman–Crippen LogP) is -7.31. The van der Waals surface area contributed by atoms with Crippen LogP contribution in [0.5, 0.6) is 0 Å². The number of aliphatic hydroxyl groups excluding tert-OH is 16. The quantitative estimate of drug-likeness (QED) is 0.0247. The lowest BCUT2D eigenvalue weighted by Crippen LogP contribution is -2.72. The van der Waals surface area contributed by atoms with E-state index in [0.717, 1.165) is 19.9 Å². The Kier molecular flexibility index (Phi) is 28.2. The summed E-state index contributed by atoms with van der Waals surface area (Å²) < 4.78 is 137. The van der Waals surface area contributed by atoms with Crippen molar-refractivity contribution in [1.82, 2.24) is 10.6 Å². The number of amides is 3. The number of benzene rings is 4. The standard InChI is InChI=1S/C68H92N4O38S2/c1-24-16-41(111(94,95)96)42-33(60(24)112(97,98)99)10-7-11-34(42)72-61(91)30-14-12-29(13-15-30)31-8-6-9-32(17-31)71-62-43(69-27(4)78)49(86)55(39(22-76)101-62)105-65-52(89)58(47(84)37(20-74)102-65)108-63-44(70-28(5)79)57(56(40(23-77)104-63)106-64-51(88)50(87)45(82)26(3)100-64)107-66-53(90)59(48(85)38(21-75)103-66)110-68(67(92)93)18-35(80)25(2)54(109-68)46(83)36(81)19-73/h6-17,25-26,35-40,43-59,62-66,71,73-77,80-90H,18-23H2,1-5H3,(H,69,78)(H,70,79)(H,72,91)(H,92,93)(H,94,95,96)(H,97,98,99)/t25?,26?,35?,36-,37?,38?,39?,40?,43?,44?,45?,46-,47?,48?,49?,50?,51?,52?,53?,54?,55?,56?,57?,58?,59?,62?,63?,64?,65?,66?,68?/m0/s1. The maximum absolute atomic E-state index is 13.8. The molecule has 31 atom stereocenters. The zero-order valence-corrected chi connectivity index (χ0v) is 61.7. The van der Waals surface area contributed by atoms with E-state index in [9.17, 15) is 132 Å². The molecule has 112 heavy (non-hydrogen) atoms. The second kappa shape index (κ2) is 36.0. The van der Waals surface area contributed by atoms with Crippen molar-refractivity contribution in [3.8, 4) is 11.1 Å². The van der Waals surface area contributed by atoms with Gasteiger partial charge in [0, 0.05) is 48.2 Å². The Morgan fingerprint density at radius 3 is 1.70 bits per heavy atom. The van der Waals surface area contributed by atoms with Gasteiger partial charge in [-0.25, -0.2) is 4.79 Å². The number of hydrogen-bond donors (Lipinski definition) is 23. The summed E-state index contributed by atoms with van der Waals surface area (Å²) in [6.45, 7) is 0.188. The third-order valence-electron chi connectivity index (χ3n) is 20.3. The highest BCUT2D eigenvalue weighted by Gasteiger charge is 2.62.